The van der Waals surface area contributed by atoms with Gasteiger partial charge < -0.3 is 14.5 Å². The van der Waals surface area contributed by atoms with Crippen LogP contribution in [-0.2, 0) is 11.2 Å². The Morgan fingerprint density at radius 1 is 0.825 bits per heavy atom. The van der Waals surface area contributed by atoms with Gasteiger partial charge in [-0.05, 0) is 74.7 Å². The summed E-state index contributed by atoms with van der Waals surface area (Å²) in [5, 5.41) is 4.99. The number of amides is 1. The Hall–Kier alpha value is -4.46. The van der Waals surface area contributed by atoms with Crippen LogP contribution in [0, 0.1) is 0 Å². The molecule has 8 heteroatoms. The van der Waals surface area contributed by atoms with Gasteiger partial charge in [0.1, 0.15) is 11.3 Å². The Kier molecular flexibility index (Phi) is 6.62. The molecule has 0 bridgehead atoms. The minimum atomic E-state index is -0.493. The number of Topliss-reactive ketones (excluding diaryl/α,β-unsaturated/α-hetero) is 1. The fourth-order valence-electron chi connectivity index (χ4n) is 5.35. The van der Waals surface area contributed by atoms with Crippen molar-refractivity contribution in [2.45, 2.75) is 39.2 Å². The van der Waals surface area contributed by atoms with Crippen molar-refractivity contribution >= 4 is 17.6 Å². The second kappa shape index (κ2) is 10.3. The summed E-state index contributed by atoms with van der Waals surface area (Å²) < 4.78 is 7.44. The van der Waals surface area contributed by atoms with Crippen LogP contribution >= 0.6 is 0 Å². The van der Waals surface area contributed by atoms with E-state index in [0.29, 0.717) is 19.5 Å². The molecule has 1 fully saturated rings. The van der Waals surface area contributed by atoms with Crippen molar-refractivity contribution in [3.8, 4) is 28.1 Å². The molecule has 40 heavy (non-hydrogen) atoms. The van der Waals surface area contributed by atoms with Gasteiger partial charge in [0.2, 0.25) is 0 Å². The number of anilines is 1. The predicted molar refractivity (Wildman–Crippen MR) is 155 cm³/mol. The molecular weight excluding hydrogens is 502 g/mol. The molecule has 1 saturated heterocycles. The first kappa shape index (κ1) is 25.8. The highest BCUT2D eigenvalue weighted by molar-refractivity contribution is 6.01. The van der Waals surface area contributed by atoms with Gasteiger partial charge >= 0.3 is 6.09 Å². The van der Waals surface area contributed by atoms with Gasteiger partial charge in [0.05, 0.1) is 5.69 Å². The Labute approximate surface area is 234 Å². The molecule has 0 unspecified atom stereocenters. The largest absolute Gasteiger partial charge is 0.444 e. The van der Waals surface area contributed by atoms with Gasteiger partial charge in [-0.2, -0.15) is 5.10 Å². The first-order valence-electron chi connectivity index (χ1n) is 13.7. The first-order valence-corrected chi connectivity index (χ1v) is 13.7. The molecule has 3 heterocycles. The van der Waals surface area contributed by atoms with Gasteiger partial charge in [-0.1, -0.05) is 18.2 Å². The van der Waals surface area contributed by atoms with Crippen molar-refractivity contribution in [3.63, 3.8) is 0 Å². The summed E-state index contributed by atoms with van der Waals surface area (Å²) in [6, 6.07) is 18.4. The number of hydrogen-bond donors (Lipinski definition) is 0. The Morgan fingerprint density at radius 3 is 2.23 bits per heavy atom. The molecule has 0 N–H and O–H groups in total. The minimum Gasteiger partial charge on any atom is -0.444 e. The van der Waals surface area contributed by atoms with Crippen LogP contribution in [0.4, 0.5) is 10.5 Å². The molecule has 2 aromatic heterocycles. The number of aryl methyl sites for hydroxylation is 1. The number of pyridine rings is 1. The van der Waals surface area contributed by atoms with Crippen LogP contribution in [0.15, 0.2) is 73.2 Å². The Morgan fingerprint density at radius 2 is 1.52 bits per heavy atom. The van der Waals surface area contributed by atoms with Crippen LogP contribution in [0.2, 0.25) is 0 Å². The summed E-state index contributed by atoms with van der Waals surface area (Å²) in [5.74, 6) is 0.220. The SMILES string of the molecule is CC(C)(C)OC(=O)N1CCN(c2ccc(-n3cc(-c4ccc5c(c4)CCC5=O)c(-c4ccncc4)n3)cc2)CC1. The molecule has 0 atom stereocenters. The monoisotopic (exact) mass is 535 g/mol. The second-order valence-corrected chi connectivity index (χ2v) is 11.3. The number of ketones is 1. The van der Waals surface area contributed by atoms with Crippen molar-refractivity contribution in [2.75, 3.05) is 31.1 Å². The van der Waals surface area contributed by atoms with Gasteiger partial charge in [0.15, 0.2) is 5.78 Å². The number of piperazine rings is 1. The number of fused-ring (bicyclic) bond motifs is 1. The fourth-order valence-corrected chi connectivity index (χ4v) is 5.35. The van der Waals surface area contributed by atoms with E-state index in [4.69, 9.17) is 9.84 Å². The van der Waals surface area contributed by atoms with Crippen molar-refractivity contribution in [2.24, 2.45) is 0 Å². The third-order valence-corrected chi connectivity index (χ3v) is 7.42. The molecule has 0 radical (unpaired) electrons. The standard InChI is InChI=1S/C32H33N5O3/c1-32(2,3)40-31(39)36-18-16-35(17-19-36)25-6-8-26(9-7-25)37-21-28(30(34-37)22-12-14-33-15-13-22)24-4-10-27-23(20-24)5-11-29(27)38/h4,6-10,12-15,20-21H,5,11,16-19H2,1-3H3. The summed E-state index contributed by atoms with van der Waals surface area (Å²) in [7, 11) is 0. The maximum Gasteiger partial charge on any atom is 0.410 e. The van der Waals surface area contributed by atoms with E-state index >= 15 is 0 Å². The van der Waals surface area contributed by atoms with Crippen LogP contribution in [0.1, 0.15) is 43.1 Å². The smallest absolute Gasteiger partial charge is 0.410 e. The van der Waals surface area contributed by atoms with Crippen molar-refractivity contribution in [1.82, 2.24) is 19.7 Å². The summed E-state index contributed by atoms with van der Waals surface area (Å²) in [4.78, 5) is 32.8. The molecular formula is C32H33N5O3. The maximum atomic E-state index is 12.4. The summed E-state index contributed by atoms with van der Waals surface area (Å²) >= 11 is 0. The lowest BCUT2D eigenvalue weighted by molar-refractivity contribution is 0.0240. The molecule has 0 spiro atoms. The number of hydrogen-bond acceptors (Lipinski definition) is 6. The molecule has 8 nitrogen and oxygen atoms in total. The molecule has 0 saturated carbocycles. The van der Waals surface area contributed by atoms with E-state index in [1.54, 1.807) is 17.3 Å². The number of rotatable bonds is 4. The van der Waals surface area contributed by atoms with E-state index in [1.807, 2.05) is 49.7 Å². The lowest BCUT2D eigenvalue weighted by Crippen LogP contribution is -2.50. The Balaban J connectivity index is 1.24. The van der Waals surface area contributed by atoms with E-state index in [-0.39, 0.29) is 11.9 Å². The van der Waals surface area contributed by atoms with Crippen LogP contribution < -0.4 is 4.90 Å². The van der Waals surface area contributed by atoms with Gasteiger partial charge in [0.25, 0.3) is 0 Å². The number of carbonyl (C=O) groups excluding carboxylic acids is 2. The predicted octanol–water partition coefficient (Wildman–Crippen LogP) is 5.79. The lowest BCUT2D eigenvalue weighted by Gasteiger charge is -2.36. The highest BCUT2D eigenvalue weighted by Gasteiger charge is 2.26. The number of carbonyl (C=O) groups is 2. The highest BCUT2D eigenvalue weighted by atomic mass is 16.6. The molecule has 2 aliphatic rings. The van der Waals surface area contributed by atoms with Crippen LogP contribution in [0.5, 0.6) is 0 Å². The van der Waals surface area contributed by atoms with Gasteiger partial charge in [-0.3, -0.25) is 9.78 Å². The van der Waals surface area contributed by atoms with Crippen molar-refractivity contribution in [1.29, 1.82) is 0 Å². The second-order valence-electron chi connectivity index (χ2n) is 11.3. The van der Waals surface area contributed by atoms with Crippen LogP contribution in [0.25, 0.3) is 28.1 Å². The third kappa shape index (κ3) is 5.21. The molecule has 1 aliphatic heterocycles. The number of aromatic nitrogens is 3. The first-order chi connectivity index (χ1) is 19.2. The van der Waals surface area contributed by atoms with Gasteiger partial charge in [0, 0.05) is 73.6 Å². The van der Waals surface area contributed by atoms with Gasteiger partial charge in [-0.15, -0.1) is 0 Å². The lowest BCUT2D eigenvalue weighted by atomic mass is 9.98. The molecule has 1 aliphatic carbocycles. The third-order valence-electron chi connectivity index (χ3n) is 7.42. The molecule has 1 amide bonds. The molecule has 6 rings (SSSR count). The molecule has 4 aromatic rings. The van der Waals surface area contributed by atoms with E-state index in [1.165, 1.54) is 0 Å². The van der Waals surface area contributed by atoms with Gasteiger partial charge in [-0.25, -0.2) is 9.48 Å². The normalized spacial score (nSPS) is 15.3. The van der Waals surface area contributed by atoms with E-state index < -0.39 is 5.60 Å². The van der Waals surface area contributed by atoms with E-state index in [2.05, 4.69) is 46.4 Å². The topological polar surface area (TPSA) is 80.6 Å². The summed E-state index contributed by atoms with van der Waals surface area (Å²) in [5.41, 5.74) is 7.42. The average molecular weight is 536 g/mol. The summed E-state index contributed by atoms with van der Waals surface area (Å²) in [6.45, 7) is 8.41. The molecule has 204 valence electrons. The van der Waals surface area contributed by atoms with Crippen LogP contribution in [0.3, 0.4) is 0 Å². The number of benzene rings is 2. The maximum absolute atomic E-state index is 12.4. The van der Waals surface area contributed by atoms with E-state index in [0.717, 1.165) is 64.4 Å². The van der Waals surface area contributed by atoms with Crippen LogP contribution in [-0.4, -0.2) is 63.3 Å². The van der Waals surface area contributed by atoms with Crippen molar-refractivity contribution < 1.29 is 14.3 Å². The minimum absolute atomic E-state index is 0.220. The zero-order valence-electron chi connectivity index (χ0n) is 23.1. The number of nitrogens with zero attached hydrogens (tertiary/aromatic N) is 5. The van der Waals surface area contributed by atoms with E-state index in [9.17, 15) is 9.59 Å². The zero-order valence-corrected chi connectivity index (χ0v) is 23.1. The number of ether oxygens (including phenoxy) is 1. The highest BCUT2D eigenvalue weighted by Crippen LogP contribution is 2.35. The summed E-state index contributed by atoms with van der Waals surface area (Å²) in [6.07, 6.45) is 6.72. The fraction of sp³-hybridized carbons (Fsp3) is 0.312. The quantitative estimate of drug-likeness (QED) is 0.329. The zero-order chi connectivity index (χ0) is 27.9. The van der Waals surface area contributed by atoms with Crippen molar-refractivity contribution in [3.05, 3.63) is 84.3 Å². The Bertz CT molecular complexity index is 1550. The average Bonchev–Trinajstić information content (AvgIpc) is 3.57. The molecule has 2 aromatic carbocycles.